The Balaban J connectivity index is 2.64. The quantitative estimate of drug-likeness (QED) is 0.754. The molecule has 0 bridgehead atoms. The summed E-state index contributed by atoms with van der Waals surface area (Å²) >= 11 is 0. The van der Waals surface area contributed by atoms with Crippen LogP contribution in [0.15, 0.2) is 24.3 Å². The van der Waals surface area contributed by atoms with E-state index in [9.17, 15) is 0 Å². The highest BCUT2D eigenvalue weighted by molar-refractivity contribution is 5.28. The van der Waals surface area contributed by atoms with Gasteiger partial charge in [-0.25, -0.2) is 0 Å². The molecule has 1 aromatic rings. The molecule has 0 radical (unpaired) electrons. The minimum atomic E-state index is -0.0130. The van der Waals surface area contributed by atoms with E-state index in [1.165, 1.54) is 5.56 Å². The normalized spacial score (nSPS) is 14.5. The molecule has 0 spiro atoms. The van der Waals surface area contributed by atoms with Gasteiger partial charge in [0.25, 0.3) is 0 Å². The summed E-state index contributed by atoms with van der Waals surface area (Å²) in [7, 11) is 8.09. The zero-order valence-electron chi connectivity index (χ0n) is 14.2. The first-order valence-electron chi connectivity index (χ1n) is 7.60. The van der Waals surface area contributed by atoms with Gasteiger partial charge in [0.1, 0.15) is 5.75 Å². The van der Waals surface area contributed by atoms with Gasteiger partial charge in [-0.1, -0.05) is 12.1 Å². The van der Waals surface area contributed by atoms with Crippen molar-refractivity contribution in [1.82, 2.24) is 9.80 Å². The van der Waals surface area contributed by atoms with Gasteiger partial charge in [-0.15, -0.1) is 0 Å². The summed E-state index contributed by atoms with van der Waals surface area (Å²) in [5.74, 6) is 0.896. The number of methoxy groups -OCH3 is 1. The Labute approximate surface area is 129 Å². The van der Waals surface area contributed by atoms with Gasteiger partial charge in [-0.05, 0) is 71.7 Å². The SMILES string of the molecule is COc1ccc(CC(C)(CN)N(C)CCCN(C)C)cc1. The third kappa shape index (κ3) is 5.65. The predicted octanol–water partition coefficient (Wildman–Crippen LogP) is 1.84. The van der Waals surface area contributed by atoms with Crippen molar-refractivity contribution in [3.05, 3.63) is 29.8 Å². The highest BCUT2D eigenvalue weighted by Crippen LogP contribution is 2.21. The number of rotatable bonds is 9. The summed E-state index contributed by atoms with van der Waals surface area (Å²) in [6, 6.07) is 8.28. The molecule has 1 rings (SSSR count). The summed E-state index contributed by atoms with van der Waals surface area (Å²) < 4.78 is 5.21. The molecule has 0 aliphatic carbocycles. The smallest absolute Gasteiger partial charge is 0.118 e. The fraction of sp³-hybridized carbons (Fsp3) is 0.647. The number of benzene rings is 1. The lowest BCUT2D eigenvalue weighted by Crippen LogP contribution is -2.51. The first-order valence-corrected chi connectivity index (χ1v) is 7.60. The van der Waals surface area contributed by atoms with Crippen molar-refractivity contribution < 1.29 is 4.74 Å². The molecule has 0 saturated heterocycles. The van der Waals surface area contributed by atoms with E-state index in [2.05, 4.69) is 50.0 Å². The topological polar surface area (TPSA) is 41.7 Å². The van der Waals surface area contributed by atoms with E-state index in [0.29, 0.717) is 6.54 Å². The van der Waals surface area contributed by atoms with Crippen LogP contribution in [0, 0.1) is 0 Å². The Hall–Kier alpha value is -1.10. The molecule has 0 fully saturated rings. The second-order valence-electron chi connectivity index (χ2n) is 6.30. The van der Waals surface area contributed by atoms with Gasteiger partial charge in [-0.2, -0.15) is 0 Å². The van der Waals surface area contributed by atoms with Gasteiger partial charge in [-0.3, -0.25) is 4.90 Å². The van der Waals surface area contributed by atoms with Crippen molar-refractivity contribution in [3.8, 4) is 5.75 Å². The molecule has 120 valence electrons. The summed E-state index contributed by atoms with van der Waals surface area (Å²) in [6.45, 7) is 5.06. The highest BCUT2D eigenvalue weighted by atomic mass is 16.5. The number of nitrogens with two attached hydrogens (primary N) is 1. The number of hydrogen-bond donors (Lipinski definition) is 1. The van der Waals surface area contributed by atoms with Crippen LogP contribution in [-0.2, 0) is 6.42 Å². The molecule has 21 heavy (non-hydrogen) atoms. The molecule has 4 heteroatoms. The van der Waals surface area contributed by atoms with Gasteiger partial charge >= 0.3 is 0 Å². The van der Waals surface area contributed by atoms with Crippen molar-refractivity contribution in [2.75, 3.05) is 47.9 Å². The minimum absolute atomic E-state index is 0.0130. The Bertz CT molecular complexity index is 405. The fourth-order valence-corrected chi connectivity index (χ4v) is 2.44. The maximum Gasteiger partial charge on any atom is 0.118 e. The van der Waals surface area contributed by atoms with Crippen LogP contribution in [0.5, 0.6) is 5.75 Å². The summed E-state index contributed by atoms with van der Waals surface area (Å²) in [5.41, 5.74) is 7.35. The number of likely N-dealkylation sites (N-methyl/N-ethyl adjacent to an activating group) is 1. The van der Waals surface area contributed by atoms with E-state index in [1.807, 2.05) is 12.1 Å². The molecule has 0 aliphatic heterocycles. The highest BCUT2D eigenvalue weighted by Gasteiger charge is 2.27. The Kier molecular flexibility index (Phi) is 7.15. The molecule has 0 aromatic heterocycles. The molecule has 1 aromatic carbocycles. The number of hydrogen-bond acceptors (Lipinski definition) is 4. The lowest BCUT2D eigenvalue weighted by molar-refractivity contribution is 0.138. The summed E-state index contributed by atoms with van der Waals surface area (Å²) in [6.07, 6.45) is 2.10. The molecule has 0 heterocycles. The standard InChI is InChI=1S/C17H31N3O/c1-17(14-18,20(4)12-6-11-19(2)3)13-15-7-9-16(21-5)10-8-15/h7-10H,6,11-14,18H2,1-5H3. The van der Waals surface area contributed by atoms with Crippen molar-refractivity contribution in [2.24, 2.45) is 5.73 Å². The molecule has 1 atom stereocenters. The monoisotopic (exact) mass is 293 g/mol. The molecule has 0 amide bonds. The van der Waals surface area contributed by atoms with Crippen LogP contribution in [0.25, 0.3) is 0 Å². The fourth-order valence-electron chi connectivity index (χ4n) is 2.44. The van der Waals surface area contributed by atoms with Crippen LogP contribution in [0.3, 0.4) is 0 Å². The van der Waals surface area contributed by atoms with Gasteiger partial charge in [0.2, 0.25) is 0 Å². The second kappa shape index (κ2) is 8.37. The van der Waals surface area contributed by atoms with E-state index in [-0.39, 0.29) is 5.54 Å². The van der Waals surface area contributed by atoms with Gasteiger partial charge in [0.05, 0.1) is 7.11 Å². The molecular formula is C17H31N3O. The largest absolute Gasteiger partial charge is 0.497 e. The Morgan fingerprint density at radius 3 is 2.19 bits per heavy atom. The first-order chi connectivity index (χ1) is 9.91. The maximum absolute atomic E-state index is 6.07. The number of nitrogens with zero attached hydrogens (tertiary/aromatic N) is 2. The van der Waals surface area contributed by atoms with E-state index >= 15 is 0 Å². The van der Waals surface area contributed by atoms with Crippen LogP contribution >= 0.6 is 0 Å². The zero-order chi connectivity index (χ0) is 15.9. The van der Waals surface area contributed by atoms with Crippen LogP contribution < -0.4 is 10.5 Å². The van der Waals surface area contributed by atoms with Crippen molar-refractivity contribution in [1.29, 1.82) is 0 Å². The van der Waals surface area contributed by atoms with E-state index in [1.54, 1.807) is 7.11 Å². The predicted molar refractivity (Wildman–Crippen MR) is 90.0 cm³/mol. The third-order valence-electron chi connectivity index (χ3n) is 4.20. The van der Waals surface area contributed by atoms with Crippen LogP contribution in [-0.4, -0.2) is 63.2 Å². The molecule has 2 N–H and O–H groups in total. The second-order valence-corrected chi connectivity index (χ2v) is 6.30. The van der Waals surface area contributed by atoms with Crippen LogP contribution in [0.4, 0.5) is 0 Å². The van der Waals surface area contributed by atoms with Gasteiger partial charge in [0, 0.05) is 12.1 Å². The third-order valence-corrected chi connectivity index (χ3v) is 4.20. The van der Waals surface area contributed by atoms with Crippen LogP contribution in [0.2, 0.25) is 0 Å². The number of ether oxygens (including phenoxy) is 1. The molecule has 0 aliphatic rings. The lowest BCUT2D eigenvalue weighted by Gasteiger charge is -2.38. The van der Waals surface area contributed by atoms with Gasteiger partial charge in [0.15, 0.2) is 0 Å². The first kappa shape index (κ1) is 18.0. The van der Waals surface area contributed by atoms with Gasteiger partial charge < -0.3 is 15.4 Å². The summed E-state index contributed by atoms with van der Waals surface area (Å²) in [5, 5.41) is 0. The minimum Gasteiger partial charge on any atom is -0.497 e. The average molecular weight is 293 g/mol. The van der Waals surface area contributed by atoms with E-state index in [0.717, 1.165) is 31.7 Å². The van der Waals surface area contributed by atoms with Crippen molar-refractivity contribution >= 4 is 0 Å². The Morgan fingerprint density at radius 1 is 1.10 bits per heavy atom. The van der Waals surface area contributed by atoms with Crippen molar-refractivity contribution in [3.63, 3.8) is 0 Å². The maximum atomic E-state index is 6.07. The molecule has 1 unspecified atom stereocenters. The van der Waals surface area contributed by atoms with Crippen LogP contribution in [0.1, 0.15) is 18.9 Å². The van der Waals surface area contributed by atoms with E-state index in [4.69, 9.17) is 10.5 Å². The lowest BCUT2D eigenvalue weighted by atomic mass is 9.91. The molecule has 0 saturated carbocycles. The van der Waals surface area contributed by atoms with Crippen molar-refractivity contribution in [2.45, 2.75) is 25.3 Å². The molecule has 4 nitrogen and oxygen atoms in total. The average Bonchev–Trinajstić information content (AvgIpc) is 2.47. The Morgan fingerprint density at radius 2 is 1.71 bits per heavy atom. The van der Waals surface area contributed by atoms with E-state index < -0.39 is 0 Å². The molecular weight excluding hydrogens is 262 g/mol. The summed E-state index contributed by atoms with van der Waals surface area (Å²) in [4.78, 5) is 4.61. The zero-order valence-corrected chi connectivity index (χ0v) is 14.2.